The maximum Gasteiger partial charge on any atom is 0.423 e. The molecule has 0 heterocycles. The van der Waals surface area contributed by atoms with Crippen LogP contribution in [0.3, 0.4) is 0 Å². The highest BCUT2D eigenvalue weighted by Crippen LogP contribution is 2.18. The summed E-state index contributed by atoms with van der Waals surface area (Å²) in [5, 5.41) is 0.421. The molecule has 0 saturated carbocycles. The average Bonchev–Trinajstić information content (AvgIpc) is 2.29. The summed E-state index contributed by atoms with van der Waals surface area (Å²) in [6, 6.07) is 5.56. The normalized spacial score (nSPS) is 11.0. The van der Waals surface area contributed by atoms with Gasteiger partial charge in [0.1, 0.15) is 0 Å². The van der Waals surface area contributed by atoms with Crippen LogP contribution in [0.2, 0.25) is 5.02 Å². The number of hydrogen-bond donors (Lipinski definition) is 0. The Hall–Kier alpha value is -1.27. The van der Waals surface area contributed by atoms with Gasteiger partial charge in [-0.25, -0.2) is 17.5 Å². The van der Waals surface area contributed by atoms with Gasteiger partial charge in [-0.05, 0) is 31.2 Å². The topological polar surface area (TPSA) is 63.7 Å². The lowest BCUT2D eigenvalue weighted by Gasteiger charge is -2.19. The van der Waals surface area contributed by atoms with Gasteiger partial charge in [-0.2, -0.15) is 0 Å². The average molecular weight is 278 g/mol. The molecule has 0 aromatic heterocycles. The van der Waals surface area contributed by atoms with Gasteiger partial charge in [-0.3, -0.25) is 0 Å². The minimum Gasteiger partial charge on any atom is -0.452 e. The highest BCUT2D eigenvalue weighted by Gasteiger charge is 2.28. The zero-order chi connectivity index (χ0) is 13.1. The van der Waals surface area contributed by atoms with Crippen LogP contribution in [0.4, 0.5) is 4.79 Å². The van der Waals surface area contributed by atoms with Gasteiger partial charge in [0.25, 0.3) is 10.0 Å². The number of amides is 1. The van der Waals surface area contributed by atoms with Crippen molar-refractivity contribution in [1.29, 1.82) is 0 Å². The Kier molecular flexibility index (Phi) is 4.36. The van der Waals surface area contributed by atoms with Gasteiger partial charge in [0.15, 0.2) is 0 Å². The summed E-state index contributed by atoms with van der Waals surface area (Å²) in [5.41, 5.74) is 0. The summed E-state index contributed by atoms with van der Waals surface area (Å²) in [4.78, 5) is 11.3. The minimum absolute atomic E-state index is 0.00235. The third-order valence-corrected chi connectivity index (χ3v) is 4.17. The van der Waals surface area contributed by atoms with E-state index in [2.05, 4.69) is 4.74 Å². The summed E-state index contributed by atoms with van der Waals surface area (Å²) in [5.74, 6) is 0. The second-order valence-electron chi connectivity index (χ2n) is 3.09. The molecule has 1 amide bonds. The predicted octanol–water partition coefficient (Wildman–Crippen LogP) is 2.12. The van der Waals surface area contributed by atoms with Crippen LogP contribution in [0.25, 0.3) is 0 Å². The smallest absolute Gasteiger partial charge is 0.423 e. The molecule has 1 rings (SSSR count). The molecule has 94 valence electrons. The fraction of sp³-hybridized carbons (Fsp3) is 0.300. The van der Waals surface area contributed by atoms with Crippen molar-refractivity contribution < 1.29 is 17.9 Å². The molecule has 0 radical (unpaired) electrons. The lowest BCUT2D eigenvalue weighted by molar-refractivity contribution is 0.150. The van der Waals surface area contributed by atoms with Crippen molar-refractivity contribution in [2.24, 2.45) is 0 Å². The van der Waals surface area contributed by atoms with Crippen LogP contribution >= 0.6 is 11.6 Å². The molecule has 0 atom stereocenters. The van der Waals surface area contributed by atoms with Crippen molar-refractivity contribution >= 4 is 27.7 Å². The highest BCUT2D eigenvalue weighted by molar-refractivity contribution is 7.89. The third-order valence-electron chi connectivity index (χ3n) is 2.07. The van der Waals surface area contributed by atoms with E-state index >= 15 is 0 Å². The summed E-state index contributed by atoms with van der Waals surface area (Å²) in [6.45, 7) is 1.54. The molecule has 0 aliphatic heterocycles. The van der Waals surface area contributed by atoms with Crippen molar-refractivity contribution in [3.8, 4) is 0 Å². The van der Waals surface area contributed by atoms with Gasteiger partial charge in [0.2, 0.25) is 0 Å². The van der Waals surface area contributed by atoms with Crippen LogP contribution in [-0.4, -0.2) is 32.5 Å². The molecule has 0 aliphatic rings. The second kappa shape index (κ2) is 5.37. The molecule has 0 saturated heterocycles. The molecule has 0 unspecified atom stereocenters. The number of sulfonamides is 1. The molecule has 1 aromatic rings. The lowest BCUT2D eigenvalue weighted by Crippen LogP contribution is -2.36. The van der Waals surface area contributed by atoms with E-state index in [0.717, 1.165) is 7.11 Å². The largest absolute Gasteiger partial charge is 0.452 e. The van der Waals surface area contributed by atoms with Gasteiger partial charge in [0, 0.05) is 11.6 Å². The van der Waals surface area contributed by atoms with Gasteiger partial charge < -0.3 is 4.74 Å². The zero-order valence-corrected chi connectivity index (χ0v) is 11.0. The Balaban J connectivity index is 3.17. The highest BCUT2D eigenvalue weighted by atomic mass is 35.5. The van der Waals surface area contributed by atoms with Crippen LogP contribution < -0.4 is 0 Å². The van der Waals surface area contributed by atoms with E-state index in [-0.39, 0.29) is 11.4 Å². The molecule has 1 aromatic carbocycles. The van der Waals surface area contributed by atoms with E-state index in [9.17, 15) is 13.2 Å². The molecule has 7 heteroatoms. The van der Waals surface area contributed by atoms with E-state index in [1.807, 2.05) is 0 Å². The number of benzene rings is 1. The van der Waals surface area contributed by atoms with Crippen LogP contribution in [0.1, 0.15) is 6.92 Å². The van der Waals surface area contributed by atoms with E-state index in [1.54, 1.807) is 6.92 Å². The van der Waals surface area contributed by atoms with E-state index in [1.165, 1.54) is 24.3 Å². The molecular weight excluding hydrogens is 266 g/mol. The molecule has 0 N–H and O–H groups in total. The Morgan fingerprint density at radius 3 is 2.29 bits per heavy atom. The van der Waals surface area contributed by atoms with Gasteiger partial charge in [-0.15, -0.1) is 0 Å². The molecule has 17 heavy (non-hydrogen) atoms. The predicted molar refractivity (Wildman–Crippen MR) is 63.4 cm³/mol. The molecule has 0 aliphatic carbocycles. The van der Waals surface area contributed by atoms with Gasteiger partial charge in [-0.1, -0.05) is 11.6 Å². The molecule has 0 spiro atoms. The molecule has 5 nitrogen and oxygen atoms in total. The third kappa shape index (κ3) is 2.89. The van der Waals surface area contributed by atoms with Crippen molar-refractivity contribution in [3.05, 3.63) is 29.3 Å². The van der Waals surface area contributed by atoms with Crippen LogP contribution in [0, 0.1) is 0 Å². The number of hydrogen-bond acceptors (Lipinski definition) is 4. The van der Waals surface area contributed by atoms with Gasteiger partial charge >= 0.3 is 6.09 Å². The summed E-state index contributed by atoms with van der Waals surface area (Å²) < 4.78 is 29.2. The maximum absolute atomic E-state index is 12.1. The lowest BCUT2D eigenvalue weighted by atomic mass is 10.4. The van der Waals surface area contributed by atoms with Crippen molar-refractivity contribution in [2.45, 2.75) is 11.8 Å². The van der Waals surface area contributed by atoms with E-state index in [0.29, 0.717) is 9.33 Å². The molecule has 0 bridgehead atoms. The first-order valence-corrected chi connectivity index (χ1v) is 6.61. The Morgan fingerprint density at radius 1 is 1.35 bits per heavy atom. The first-order chi connectivity index (χ1) is 7.93. The Labute approximate surface area is 105 Å². The number of methoxy groups -OCH3 is 1. The Bertz CT molecular complexity index is 498. The number of carbonyl (C=O) groups excluding carboxylic acids is 1. The molecular formula is C10H12ClNO4S. The van der Waals surface area contributed by atoms with E-state index < -0.39 is 16.1 Å². The first-order valence-electron chi connectivity index (χ1n) is 4.79. The van der Waals surface area contributed by atoms with Crippen molar-refractivity contribution in [3.63, 3.8) is 0 Å². The first kappa shape index (κ1) is 13.8. The number of carbonyl (C=O) groups is 1. The summed E-state index contributed by atoms with van der Waals surface area (Å²) in [6.07, 6.45) is -0.914. The maximum atomic E-state index is 12.1. The SMILES string of the molecule is CCN(C(=O)OC)S(=O)(=O)c1ccc(Cl)cc1. The van der Waals surface area contributed by atoms with Gasteiger partial charge in [0.05, 0.1) is 12.0 Å². The molecule has 0 fully saturated rings. The number of halogens is 1. The van der Waals surface area contributed by atoms with E-state index in [4.69, 9.17) is 11.6 Å². The van der Waals surface area contributed by atoms with Crippen LogP contribution in [0.5, 0.6) is 0 Å². The number of ether oxygens (including phenoxy) is 1. The summed E-state index contributed by atoms with van der Waals surface area (Å²) in [7, 11) is -2.75. The number of nitrogens with zero attached hydrogens (tertiary/aromatic N) is 1. The fourth-order valence-electron chi connectivity index (χ4n) is 1.23. The minimum atomic E-state index is -3.88. The van der Waals surface area contributed by atoms with Crippen molar-refractivity contribution in [2.75, 3.05) is 13.7 Å². The van der Waals surface area contributed by atoms with Crippen LogP contribution in [-0.2, 0) is 14.8 Å². The summed E-state index contributed by atoms with van der Waals surface area (Å²) >= 11 is 5.66. The number of rotatable bonds is 3. The standard InChI is InChI=1S/C10H12ClNO4S/c1-3-12(10(13)16-2)17(14,15)9-6-4-8(11)5-7-9/h4-7H,3H2,1-2H3. The van der Waals surface area contributed by atoms with Crippen molar-refractivity contribution in [1.82, 2.24) is 4.31 Å². The monoisotopic (exact) mass is 277 g/mol. The quantitative estimate of drug-likeness (QED) is 0.849. The Morgan fingerprint density at radius 2 is 1.88 bits per heavy atom. The van der Waals surface area contributed by atoms with Crippen LogP contribution in [0.15, 0.2) is 29.2 Å². The zero-order valence-electron chi connectivity index (χ0n) is 9.38. The fourth-order valence-corrected chi connectivity index (χ4v) is 2.70. The second-order valence-corrected chi connectivity index (χ2v) is 5.39.